The summed E-state index contributed by atoms with van der Waals surface area (Å²) in [7, 11) is 0. The van der Waals surface area contributed by atoms with E-state index in [1.165, 1.54) is 12.8 Å². The topological polar surface area (TPSA) is 20.2 Å². The summed E-state index contributed by atoms with van der Waals surface area (Å²) in [4.78, 5) is 0. The minimum absolute atomic E-state index is 0.0463. The van der Waals surface area contributed by atoms with E-state index in [0.717, 1.165) is 12.6 Å². The minimum Gasteiger partial charge on any atom is -0.450 e. The highest BCUT2D eigenvalue weighted by molar-refractivity contribution is 6.51. The van der Waals surface area contributed by atoms with Gasteiger partial charge in [0, 0.05) is 0 Å². The van der Waals surface area contributed by atoms with Crippen LogP contribution in [0.5, 0.6) is 0 Å². The maximum Gasteiger partial charge on any atom is 0.288 e. The van der Waals surface area contributed by atoms with E-state index in [1.54, 1.807) is 0 Å². The molecule has 0 saturated carbocycles. The SMILES string of the molecule is OB1CCCC1. The van der Waals surface area contributed by atoms with Crippen LogP contribution in [0.4, 0.5) is 0 Å². The van der Waals surface area contributed by atoms with Gasteiger partial charge in [-0.3, -0.25) is 0 Å². The van der Waals surface area contributed by atoms with Crippen LogP contribution in [0, 0.1) is 0 Å². The first-order valence-electron chi connectivity index (χ1n) is 2.57. The van der Waals surface area contributed by atoms with Crippen molar-refractivity contribution >= 4 is 6.92 Å². The summed E-state index contributed by atoms with van der Waals surface area (Å²) in [5.41, 5.74) is 0. The highest BCUT2D eigenvalue weighted by atomic mass is 16.2. The van der Waals surface area contributed by atoms with Gasteiger partial charge in [-0.1, -0.05) is 12.8 Å². The number of rotatable bonds is 0. The monoisotopic (exact) mass is 84.1 g/mol. The van der Waals surface area contributed by atoms with Gasteiger partial charge < -0.3 is 5.02 Å². The molecule has 1 saturated heterocycles. The van der Waals surface area contributed by atoms with E-state index >= 15 is 0 Å². The Labute approximate surface area is 38.5 Å². The van der Waals surface area contributed by atoms with Crippen molar-refractivity contribution in [3.05, 3.63) is 0 Å². The quantitative estimate of drug-likeness (QED) is 0.429. The summed E-state index contributed by atoms with van der Waals surface area (Å²) in [5.74, 6) is 0. The molecule has 1 heterocycles. The fourth-order valence-corrected chi connectivity index (χ4v) is 0.904. The van der Waals surface area contributed by atoms with Gasteiger partial charge in [-0.15, -0.1) is 0 Å². The first-order valence-corrected chi connectivity index (χ1v) is 2.57. The van der Waals surface area contributed by atoms with Gasteiger partial charge in [0.25, 0.3) is 6.92 Å². The molecule has 0 spiro atoms. The molecular weight excluding hydrogens is 74.9 g/mol. The fourth-order valence-electron chi connectivity index (χ4n) is 0.904. The van der Waals surface area contributed by atoms with E-state index in [9.17, 15) is 0 Å². The van der Waals surface area contributed by atoms with Gasteiger partial charge in [0.05, 0.1) is 0 Å². The molecule has 0 unspecified atom stereocenters. The molecule has 0 radical (unpaired) electrons. The molecule has 1 aliphatic heterocycles. The first-order chi connectivity index (χ1) is 2.89. The van der Waals surface area contributed by atoms with Crippen molar-refractivity contribution in [3.8, 4) is 0 Å². The summed E-state index contributed by atoms with van der Waals surface area (Å²) in [5, 5.41) is 8.73. The molecule has 0 amide bonds. The van der Waals surface area contributed by atoms with E-state index in [-0.39, 0.29) is 6.92 Å². The molecule has 1 aliphatic rings. The van der Waals surface area contributed by atoms with Crippen molar-refractivity contribution in [2.24, 2.45) is 0 Å². The van der Waals surface area contributed by atoms with Crippen LogP contribution in [0.3, 0.4) is 0 Å². The van der Waals surface area contributed by atoms with Gasteiger partial charge in [0.15, 0.2) is 0 Å². The van der Waals surface area contributed by atoms with Crippen molar-refractivity contribution in [1.82, 2.24) is 0 Å². The predicted octanol–water partition coefficient (Wildman–Crippen LogP) is 0.764. The molecule has 1 N–H and O–H groups in total. The summed E-state index contributed by atoms with van der Waals surface area (Å²) in [6, 6.07) is 0. The molecule has 1 fully saturated rings. The highest BCUT2D eigenvalue weighted by Gasteiger charge is 2.15. The number of hydrogen-bond donors (Lipinski definition) is 1. The van der Waals surface area contributed by atoms with Crippen LogP contribution in [0.15, 0.2) is 0 Å². The molecule has 1 nitrogen and oxygen atoms in total. The zero-order valence-electron chi connectivity index (χ0n) is 3.85. The molecule has 0 aromatic heterocycles. The Kier molecular flexibility index (Phi) is 1.15. The van der Waals surface area contributed by atoms with Crippen molar-refractivity contribution in [2.45, 2.75) is 25.5 Å². The second-order valence-electron chi connectivity index (χ2n) is 1.94. The summed E-state index contributed by atoms with van der Waals surface area (Å²) in [6.07, 6.45) is 4.56. The highest BCUT2D eigenvalue weighted by Crippen LogP contribution is 2.15. The van der Waals surface area contributed by atoms with E-state index < -0.39 is 0 Å². The largest absolute Gasteiger partial charge is 0.450 e. The van der Waals surface area contributed by atoms with Crippen molar-refractivity contribution in [2.75, 3.05) is 0 Å². The van der Waals surface area contributed by atoms with Crippen molar-refractivity contribution in [1.29, 1.82) is 0 Å². The maximum absolute atomic E-state index is 8.73. The average Bonchev–Trinajstić information content (AvgIpc) is 1.86. The summed E-state index contributed by atoms with van der Waals surface area (Å²) in [6.45, 7) is 0.0463. The molecule has 2 heteroatoms. The molecular formula is C4H9BO. The molecule has 1 rings (SSSR count). The van der Waals surface area contributed by atoms with Crippen LogP contribution in [0.25, 0.3) is 0 Å². The van der Waals surface area contributed by atoms with E-state index in [1.807, 2.05) is 0 Å². The maximum atomic E-state index is 8.73. The summed E-state index contributed by atoms with van der Waals surface area (Å²) >= 11 is 0. The van der Waals surface area contributed by atoms with Gasteiger partial charge in [0.2, 0.25) is 0 Å². The molecule has 0 atom stereocenters. The van der Waals surface area contributed by atoms with Gasteiger partial charge in [-0.2, -0.15) is 0 Å². The van der Waals surface area contributed by atoms with Gasteiger partial charge in [-0.05, 0) is 12.6 Å². The van der Waals surface area contributed by atoms with Crippen LogP contribution in [0.1, 0.15) is 12.8 Å². The third kappa shape index (κ3) is 0.746. The third-order valence-electron chi connectivity index (χ3n) is 1.32. The second kappa shape index (κ2) is 1.65. The average molecular weight is 83.9 g/mol. The lowest BCUT2D eigenvalue weighted by atomic mass is 9.67. The Balaban J connectivity index is 2.18. The van der Waals surface area contributed by atoms with Crippen LogP contribution in [-0.2, 0) is 0 Å². The first kappa shape index (κ1) is 4.19. The van der Waals surface area contributed by atoms with Crippen LogP contribution < -0.4 is 0 Å². The standard InChI is InChI=1S/C4H9BO/c6-5-3-1-2-4-5/h6H,1-4H2. The lowest BCUT2D eigenvalue weighted by Gasteiger charge is -1.83. The van der Waals surface area contributed by atoms with E-state index in [0.29, 0.717) is 0 Å². The van der Waals surface area contributed by atoms with Crippen molar-refractivity contribution in [3.63, 3.8) is 0 Å². The molecule has 0 aromatic carbocycles. The Morgan fingerprint density at radius 2 is 1.67 bits per heavy atom. The van der Waals surface area contributed by atoms with E-state index in [4.69, 9.17) is 5.02 Å². The Morgan fingerprint density at radius 3 is 1.83 bits per heavy atom. The molecule has 0 aromatic rings. The molecule has 34 valence electrons. The zero-order valence-corrected chi connectivity index (χ0v) is 3.85. The zero-order chi connectivity index (χ0) is 4.41. The normalized spacial score (nSPS) is 22.5. The van der Waals surface area contributed by atoms with Gasteiger partial charge in [-0.25, -0.2) is 0 Å². The molecule has 0 bridgehead atoms. The smallest absolute Gasteiger partial charge is 0.288 e. The number of hydrogen-bond acceptors (Lipinski definition) is 1. The molecule has 6 heavy (non-hydrogen) atoms. The lowest BCUT2D eigenvalue weighted by Crippen LogP contribution is -2.01. The predicted molar refractivity (Wildman–Crippen MR) is 26.8 cm³/mol. The minimum atomic E-state index is 0.0463. The Hall–Kier alpha value is 0.0249. The van der Waals surface area contributed by atoms with Crippen LogP contribution in [-0.4, -0.2) is 11.9 Å². The van der Waals surface area contributed by atoms with E-state index in [2.05, 4.69) is 0 Å². The summed E-state index contributed by atoms with van der Waals surface area (Å²) < 4.78 is 0. The second-order valence-corrected chi connectivity index (χ2v) is 1.94. The molecule has 0 aliphatic carbocycles. The Morgan fingerprint density at radius 1 is 1.17 bits per heavy atom. The van der Waals surface area contributed by atoms with Crippen molar-refractivity contribution < 1.29 is 5.02 Å². The van der Waals surface area contributed by atoms with Gasteiger partial charge in [0.1, 0.15) is 0 Å². The van der Waals surface area contributed by atoms with Crippen LogP contribution >= 0.6 is 0 Å². The third-order valence-corrected chi connectivity index (χ3v) is 1.32. The Bertz CT molecular complexity index is 40.8. The fraction of sp³-hybridized carbons (Fsp3) is 1.00. The van der Waals surface area contributed by atoms with Gasteiger partial charge >= 0.3 is 0 Å². The van der Waals surface area contributed by atoms with Crippen LogP contribution in [0.2, 0.25) is 12.6 Å². The lowest BCUT2D eigenvalue weighted by molar-refractivity contribution is 0.577.